The molecule has 0 bridgehead atoms. The molecule has 3 heterocycles. The number of rotatable bonds is 2. The van der Waals surface area contributed by atoms with Crippen LogP contribution in [-0.2, 0) is 9.59 Å². The van der Waals surface area contributed by atoms with Gasteiger partial charge >= 0.3 is 29.6 Å². The van der Waals surface area contributed by atoms with E-state index in [4.69, 9.17) is 4.42 Å². The Morgan fingerprint density at radius 2 is 2.28 bits per heavy atom. The van der Waals surface area contributed by atoms with Gasteiger partial charge in [0.2, 0.25) is 5.91 Å². The third-order valence-corrected chi connectivity index (χ3v) is 5.21. The largest absolute Gasteiger partial charge is 1.00 e. The van der Waals surface area contributed by atoms with Crippen LogP contribution in [0.2, 0.25) is 0 Å². The van der Waals surface area contributed by atoms with Gasteiger partial charge in [-0.25, -0.2) is 0 Å². The van der Waals surface area contributed by atoms with E-state index < -0.39 is 5.97 Å². The molecular formula is C10H5BrNNaO4S. The van der Waals surface area contributed by atoms with Gasteiger partial charge in [0.25, 0.3) is 0 Å². The number of furan rings is 1. The molecule has 0 aromatic carbocycles. The van der Waals surface area contributed by atoms with Crippen LogP contribution >= 0.6 is 27.7 Å². The van der Waals surface area contributed by atoms with Gasteiger partial charge in [0.1, 0.15) is 16.0 Å². The standard InChI is InChI=1S/C10H6BrNO4S.Na/c11-5-8(13)12-6(10(14)15)7(17-9(5)12)4-2-1-3-16-4;/h1-3,5,9H,(H,14,15);/q;+1/p-1/t5-,9+;/m0./s1. The molecule has 5 nitrogen and oxygen atoms in total. The fraction of sp³-hybridized carbons (Fsp3) is 0.200. The van der Waals surface area contributed by atoms with Gasteiger partial charge < -0.3 is 14.3 Å². The van der Waals surface area contributed by atoms with Crippen LogP contribution in [0, 0.1) is 0 Å². The monoisotopic (exact) mass is 337 g/mol. The first kappa shape index (κ1) is 14.2. The number of thioether (sulfide) groups is 1. The van der Waals surface area contributed by atoms with Crippen molar-refractivity contribution in [3.63, 3.8) is 0 Å². The second kappa shape index (κ2) is 5.05. The van der Waals surface area contributed by atoms with Gasteiger partial charge in [0, 0.05) is 0 Å². The molecule has 1 aromatic heterocycles. The quantitative estimate of drug-likeness (QED) is 0.335. The number of hydrogen-bond donors (Lipinski definition) is 0. The van der Waals surface area contributed by atoms with Gasteiger partial charge in [-0.15, -0.1) is 0 Å². The Morgan fingerprint density at radius 3 is 2.83 bits per heavy atom. The molecule has 0 aliphatic carbocycles. The summed E-state index contributed by atoms with van der Waals surface area (Å²) < 4.78 is 5.17. The zero-order chi connectivity index (χ0) is 12.2. The van der Waals surface area contributed by atoms with Crippen LogP contribution in [0.3, 0.4) is 0 Å². The molecule has 88 valence electrons. The smallest absolute Gasteiger partial charge is 0.543 e. The molecule has 3 rings (SSSR count). The van der Waals surface area contributed by atoms with Gasteiger partial charge in [-0.2, -0.15) is 0 Å². The molecule has 1 saturated heterocycles. The molecule has 0 saturated carbocycles. The maximum absolute atomic E-state index is 11.6. The minimum Gasteiger partial charge on any atom is -0.543 e. The van der Waals surface area contributed by atoms with Crippen LogP contribution in [0.4, 0.5) is 0 Å². The van der Waals surface area contributed by atoms with Crippen LogP contribution in [0.1, 0.15) is 5.76 Å². The second-order valence-electron chi connectivity index (χ2n) is 3.56. The van der Waals surface area contributed by atoms with Gasteiger partial charge in [-0.1, -0.05) is 27.7 Å². The second-order valence-corrected chi connectivity index (χ2v) is 5.67. The number of halogens is 1. The van der Waals surface area contributed by atoms with Crippen molar-refractivity contribution in [2.45, 2.75) is 10.2 Å². The number of β-lactam (4-membered cyclic amide) rings is 1. The Balaban J connectivity index is 0.00000120. The Morgan fingerprint density at radius 1 is 1.56 bits per heavy atom. The van der Waals surface area contributed by atoms with Crippen molar-refractivity contribution in [1.29, 1.82) is 0 Å². The molecule has 0 unspecified atom stereocenters. The Labute approximate surface area is 137 Å². The number of carboxylic acid groups (broad SMARTS) is 1. The van der Waals surface area contributed by atoms with Crippen molar-refractivity contribution >= 4 is 44.5 Å². The number of amides is 1. The van der Waals surface area contributed by atoms with Crippen molar-refractivity contribution in [1.82, 2.24) is 4.90 Å². The average molecular weight is 338 g/mol. The zero-order valence-electron chi connectivity index (χ0n) is 9.25. The van der Waals surface area contributed by atoms with E-state index in [1.165, 1.54) is 22.9 Å². The predicted octanol–water partition coefficient (Wildman–Crippen LogP) is -2.62. The first-order valence-corrected chi connectivity index (χ1v) is 6.54. The topological polar surface area (TPSA) is 73.6 Å². The van der Waals surface area contributed by atoms with Crippen LogP contribution < -0.4 is 34.7 Å². The summed E-state index contributed by atoms with van der Waals surface area (Å²) in [5.41, 5.74) is -0.101. The molecule has 1 aromatic rings. The third kappa shape index (κ3) is 1.89. The molecular weight excluding hydrogens is 333 g/mol. The van der Waals surface area contributed by atoms with Crippen LogP contribution in [-0.4, -0.2) is 27.0 Å². The molecule has 0 N–H and O–H groups in total. The number of nitrogens with zero attached hydrogens (tertiary/aromatic N) is 1. The molecule has 2 aliphatic rings. The molecule has 0 spiro atoms. The van der Waals surface area contributed by atoms with E-state index in [1.807, 2.05) is 0 Å². The SMILES string of the molecule is O=C([O-])C1=C(c2ccco2)S[C@@H]2[C@@H](Br)C(=O)N12.[Na+]. The molecule has 0 radical (unpaired) electrons. The number of carboxylic acids is 1. The zero-order valence-corrected chi connectivity index (χ0v) is 13.7. The van der Waals surface area contributed by atoms with E-state index in [-0.39, 0.29) is 51.4 Å². The summed E-state index contributed by atoms with van der Waals surface area (Å²) in [6.45, 7) is 0. The molecule has 2 aliphatic heterocycles. The molecule has 2 atom stereocenters. The van der Waals surface area contributed by atoms with Gasteiger partial charge in [-0.05, 0) is 12.1 Å². The summed E-state index contributed by atoms with van der Waals surface area (Å²) in [4.78, 5) is 24.0. The average Bonchev–Trinajstić information content (AvgIpc) is 2.93. The van der Waals surface area contributed by atoms with E-state index in [0.717, 1.165) is 0 Å². The molecule has 18 heavy (non-hydrogen) atoms. The first-order chi connectivity index (χ1) is 8.11. The van der Waals surface area contributed by atoms with Crippen LogP contribution in [0.5, 0.6) is 0 Å². The molecule has 1 amide bonds. The van der Waals surface area contributed by atoms with Gasteiger partial charge in [0.15, 0.2) is 0 Å². The molecule has 1 fully saturated rings. The van der Waals surface area contributed by atoms with Crippen LogP contribution in [0.25, 0.3) is 4.91 Å². The van der Waals surface area contributed by atoms with E-state index >= 15 is 0 Å². The number of fused-ring (bicyclic) bond motifs is 1. The first-order valence-electron chi connectivity index (χ1n) is 4.74. The van der Waals surface area contributed by atoms with E-state index in [0.29, 0.717) is 10.7 Å². The van der Waals surface area contributed by atoms with Gasteiger partial charge in [0.05, 0.1) is 22.8 Å². The summed E-state index contributed by atoms with van der Waals surface area (Å²) in [7, 11) is 0. The number of carbonyl (C=O) groups excluding carboxylic acids is 2. The summed E-state index contributed by atoms with van der Waals surface area (Å²) in [5, 5.41) is 10.9. The number of carbonyl (C=O) groups is 2. The summed E-state index contributed by atoms with van der Waals surface area (Å²) in [5.74, 6) is -1.18. The van der Waals surface area contributed by atoms with E-state index in [9.17, 15) is 14.7 Å². The van der Waals surface area contributed by atoms with E-state index in [2.05, 4.69) is 15.9 Å². The fourth-order valence-corrected chi connectivity index (χ4v) is 3.94. The number of hydrogen-bond acceptors (Lipinski definition) is 5. The Bertz CT molecular complexity index is 544. The number of aliphatic carboxylic acids is 1. The maximum atomic E-state index is 11.6. The van der Waals surface area contributed by atoms with Crippen molar-refractivity contribution in [3.05, 3.63) is 29.9 Å². The van der Waals surface area contributed by atoms with Crippen molar-refractivity contribution in [2.75, 3.05) is 0 Å². The fourth-order valence-electron chi connectivity index (χ4n) is 1.84. The third-order valence-electron chi connectivity index (χ3n) is 2.61. The van der Waals surface area contributed by atoms with Crippen molar-refractivity contribution in [3.8, 4) is 0 Å². The van der Waals surface area contributed by atoms with Crippen LogP contribution in [0.15, 0.2) is 28.5 Å². The minimum absolute atomic E-state index is 0. The Kier molecular flexibility index (Phi) is 3.99. The normalized spacial score (nSPS) is 25.6. The maximum Gasteiger partial charge on any atom is 1.00 e. The minimum atomic E-state index is -1.36. The van der Waals surface area contributed by atoms with Gasteiger partial charge in [-0.3, -0.25) is 9.69 Å². The number of alkyl halides is 1. The predicted molar refractivity (Wildman–Crippen MR) is 61.6 cm³/mol. The van der Waals surface area contributed by atoms with Crippen molar-refractivity contribution in [2.24, 2.45) is 0 Å². The molecule has 8 heteroatoms. The van der Waals surface area contributed by atoms with E-state index in [1.54, 1.807) is 12.1 Å². The summed E-state index contributed by atoms with van der Waals surface area (Å²) in [6.07, 6.45) is 1.46. The summed E-state index contributed by atoms with van der Waals surface area (Å²) >= 11 is 4.51. The summed E-state index contributed by atoms with van der Waals surface area (Å²) in [6, 6.07) is 3.32. The van der Waals surface area contributed by atoms with Crippen molar-refractivity contribution < 1.29 is 48.7 Å². The Hall–Kier alpha value is -0.210.